The Labute approximate surface area is 336 Å². The van der Waals surface area contributed by atoms with Crippen LogP contribution in [0.25, 0.3) is 11.0 Å². The Morgan fingerprint density at radius 2 is 1.57 bits per heavy atom. The van der Waals surface area contributed by atoms with Gasteiger partial charge >= 0.3 is 0 Å². The molecule has 3 N–H and O–H groups in total. The van der Waals surface area contributed by atoms with Crippen LogP contribution in [0, 0.1) is 19.8 Å². The highest BCUT2D eigenvalue weighted by Gasteiger charge is 2.45. The van der Waals surface area contributed by atoms with E-state index >= 15 is 0 Å². The van der Waals surface area contributed by atoms with Crippen LogP contribution in [-0.4, -0.2) is 96.9 Å². The Hall–Kier alpha value is -6.22. The molecule has 0 bridgehead atoms. The van der Waals surface area contributed by atoms with Crippen molar-refractivity contribution < 1.29 is 19.2 Å². The molecule has 58 heavy (non-hydrogen) atoms. The lowest BCUT2D eigenvalue weighted by atomic mass is 9.90. The van der Waals surface area contributed by atoms with Crippen LogP contribution in [0.15, 0.2) is 60.9 Å². The van der Waals surface area contributed by atoms with Crippen LogP contribution in [0.1, 0.15) is 82.0 Å². The van der Waals surface area contributed by atoms with Crippen LogP contribution in [0.4, 0.5) is 28.8 Å². The van der Waals surface area contributed by atoms with E-state index in [9.17, 15) is 19.2 Å². The fourth-order valence-electron chi connectivity index (χ4n) is 8.98. The van der Waals surface area contributed by atoms with Gasteiger partial charge in [-0.1, -0.05) is 18.2 Å². The van der Waals surface area contributed by atoms with Crippen molar-refractivity contribution in [2.75, 3.05) is 48.3 Å². The predicted molar refractivity (Wildman–Crippen MR) is 219 cm³/mol. The van der Waals surface area contributed by atoms with Crippen LogP contribution in [0.3, 0.4) is 0 Å². The summed E-state index contributed by atoms with van der Waals surface area (Å²) < 4.78 is 1.76. The predicted octanol–water partition coefficient (Wildman–Crippen LogP) is 5.36. The van der Waals surface area contributed by atoms with Gasteiger partial charge in [0.25, 0.3) is 11.8 Å². The standard InChI is InChI=1S/C43H47N11O4/c1-25-5-4-6-26(2)37(25)48-38-33-23-45-43(49-39(33)51(3)50-38)46-29-7-10-34(44-22-29)28-15-17-52(18-16-28)24-27-13-19-53(20-14-27)30-8-9-31-32(21-30)42(58)54(41(31)57)35-11-12-36(55)47-40(35)56/h4-10,21-23,27-28,35H,11-20,24H2,1-3H3,(H,48,50)(H,45,46,49)(H,47,55,56). The average Bonchev–Trinajstić information content (AvgIpc) is 3.67. The molecule has 15 nitrogen and oxygen atoms in total. The van der Waals surface area contributed by atoms with Crippen molar-refractivity contribution in [1.29, 1.82) is 0 Å². The number of hydrogen-bond donors (Lipinski definition) is 3. The molecule has 0 saturated carbocycles. The number of rotatable bonds is 9. The van der Waals surface area contributed by atoms with Gasteiger partial charge in [-0.25, -0.2) is 9.67 Å². The van der Waals surface area contributed by atoms with Gasteiger partial charge < -0.3 is 20.4 Å². The maximum Gasteiger partial charge on any atom is 0.262 e. The second kappa shape index (κ2) is 15.3. The van der Waals surface area contributed by atoms with E-state index in [1.165, 1.54) is 0 Å². The van der Waals surface area contributed by atoms with Crippen molar-refractivity contribution >= 4 is 63.5 Å². The largest absolute Gasteiger partial charge is 0.371 e. The van der Waals surface area contributed by atoms with Crippen LogP contribution in [0.5, 0.6) is 0 Å². The molecule has 298 valence electrons. The van der Waals surface area contributed by atoms with Gasteiger partial charge in [-0.3, -0.25) is 34.4 Å². The SMILES string of the molecule is Cc1cccc(C)c1Nc1nn(C)c2nc(Nc3ccc(C4CCN(CC5CCN(c6ccc7c(c6)C(=O)N(C6CCC(=O)NC6=O)C7=O)CC5)CC4)nc3)ncc12. The average molecular weight is 782 g/mol. The molecule has 4 aliphatic heterocycles. The maximum atomic E-state index is 13.3. The molecular formula is C43H47N11O4. The number of carbonyl (C=O) groups is 4. The van der Waals surface area contributed by atoms with E-state index in [4.69, 9.17) is 9.97 Å². The molecule has 0 spiro atoms. The Morgan fingerprint density at radius 1 is 0.810 bits per heavy atom. The third kappa shape index (κ3) is 7.14. The normalized spacial score (nSPS) is 19.5. The molecule has 5 aromatic rings. The minimum atomic E-state index is -0.961. The first-order chi connectivity index (χ1) is 28.1. The zero-order valence-corrected chi connectivity index (χ0v) is 33.0. The highest BCUT2D eigenvalue weighted by atomic mass is 16.2. The molecule has 1 unspecified atom stereocenters. The number of nitrogens with zero attached hydrogens (tertiary/aromatic N) is 8. The van der Waals surface area contributed by atoms with Gasteiger partial charge in [0.2, 0.25) is 17.8 Å². The Balaban J connectivity index is 0.747. The van der Waals surface area contributed by atoms with Crippen molar-refractivity contribution in [3.05, 3.63) is 88.9 Å². The van der Waals surface area contributed by atoms with Crippen molar-refractivity contribution in [1.82, 2.24) is 39.8 Å². The zero-order valence-electron chi connectivity index (χ0n) is 33.0. The third-order valence-corrected chi connectivity index (χ3v) is 12.3. The van der Waals surface area contributed by atoms with Gasteiger partial charge in [-0.2, -0.15) is 10.1 Å². The number of anilines is 5. The van der Waals surface area contributed by atoms with Crippen molar-refractivity contribution in [2.45, 2.75) is 64.3 Å². The van der Waals surface area contributed by atoms with E-state index in [1.54, 1.807) is 23.0 Å². The van der Waals surface area contributed by atoms with E-state index < -0.39 is 23.8 Å². The highest BCUT2D eigenvalue weighted by Crippen LogP contribution is 2.34. The lowest BCUT2D eigenvalue weighted by Gasteiger charge is -2.38. The molecule has 9 rings (SSSR count). The summed E-state index contributed by atoms with van der Waals surface area (Å²) in [7, 11) is 1.88. The van der Waals surface area contributed by atoms with Crippen molar-refractivity contribution in [2.24, 2.45) is 13.0 Å². The quantitative estimate of drug-likeness (QED) is 0.164. The third-order valence-electron chi connectivity index (χ3n) is 12.3. The molecular weight excluding hydrogens is 735 g/mol. The molecule has 0 radical (unpaired) electrons. The van der Waals surface area contributed by atoms with Crippen LogP contribution >= 0.6 is 0 Å². The number of pyridine rings is 1. The smallest absolute Gasteiger partial charge is 0.262 e. The van der Waals surface area contributed by atoms with Crippen LogP contribution in [0.2, 0.25) is 0 Å². The summed E-state index contributed by atoms with van der Waals surface area (Å²) in [4.78, 5) is 70.6. The molecule has 2 aromatic carbocycles. The number of benzene rings is 2. The summed E-state index contributed by atoms with van der Waals surface area (Å²) in [5, 5.41) is 14.6. The van der Waals surface area contributed by atoms with Gasteiger partial charge in [-0.15, -0.1) is 0 Å². The topological polar surface area (TPSA) is 171 Å². The number of amides is 4. The number of carbonyl (C=O) groups excluding carboxylic acids is 4. The molecule has 1 atom stereocenters. The van der Waals surface area contributed by atoms with Gasteiger partial charge in [0.15, 0.2) is 11.5 Å². The monoisotopic (exact) mass is 781 g/mol. The zero-order chi connectivity index (χ0) is 40.1. The van der Waals surface area contributed by atoms with Gasteiger partial charge in [0.05, 0.1) is 28.4 Å². The van der Waals surface area contributed by atoms with Gasteiger partial charge in [-0.05, 0) is 106 Å². The Bertz CT molecular complexity index is 2410. The van der Waals surface area contributed by atoms with Gasteiger partial charge in [0.1, 0.15) is 6.04 Å². The molecule has 7 heterocycles. The molecule has 0 aliphatic carbocycles. The summed E-state index contributed by atoms with van der Waals surface area (Å²) in [6.07, 6.45) is 8.13. The lowest BCUT2D eigenvalue weighted by Crippen LogP contribution is -2.54. The number of imide groups is 2. The summed E-state index contributed by atoms with van der Waals surface area (Å²) in [6.45, 7) is 9.04. The van der Waals surface area contributed by atoms with Crippen LogP contribution < -0.4 is 20.9 Å². The van der Waals surface area contributed by atoms with E-state index in [0.29, 0.717) is 28.9 Å². The number of likely N-dealkylation sites (tertiary alicyclic amines) is 1. The highest BCUT2D eigenvalue weighted by molar-refractivity contribution is 6.23. The van der Waals surface area contributed by atoms with Crippen LogP contribution in [-0.2, 0) is 16.6 Å². The minimum Gasteiger partial charge on any atom is -0.371 e. The number of aromatic nitrogens is 5. The van der Waals surface area contributed by atoms with Crippen molar-refractivity contribution in [3.8, 4) is 0 Å². The van der Waals surface area contributed by atoms with E-state index in [1.807, 2.05) is 25.4 Å². The second-order valence-corrected chi connectivity index (χ2v) is 16.1. The minimum absolute atomic E-state index is 0.101. The molecule has 3 fully saturated rings. The second-order valence-electron chi connectivity index (χ2n) is 16.1. The fourth-order valence-corrected chi connectivity index (χ4v) is 8.98. The van der Waals surface area contributed by atoms with E-state index in [-0.39, 0.29) is 18.7 Å². The Morgan fingerprint density at radius 3 is 2.29 bits per heavy atom. The van der Waals surface area contributed by atoms with Gasteiger partial charge in [0, 0.05) is 62.3 Å². The lowest BCUT2D eigenvalue weighted by molar-refractivity contribution is -0.136. The first kappa shape index (κ1) is 37.4. The van der Waals surface area contributed by atoms with E-state index in [2.05, 4.69) is 73.9 Å². The maximum absolute atomic E-state index is 13.3. The summed E-state index contributed by atoms with van der Waals surface area (Å²) >= 11 is 0. The molecule has 15 heteroatoms. The molecule has 4 aliphatic rings. The number of para-hydroxylation sites is 1. The first-order valence-electron chi connectivity index (χ1n) is 20.2. The Kier molecular flexibility index (Phi) is 9.84. The number of nitrogens with one attached hydrogen (secondary N) is 3. The summed E-state index contributed by atoms with van der Waals surface area (Å²) in [5.74, 6) is 0.282. The molecule has 3 saturated heterocycles. The number of hydrogen-bond acceptors (Lipinski definition) is 12. The number of piperidine rings is 3. The summed E-state index contributed by atoms with van der Waals surface area (Å²) in [6, 6.07) is 14.8. The molecule has 3 aromatic heterocycles. The van der Waals surface area contributed by atoms with E-state index in [0.717, 1.165) is 114 Å². The summed E-state index contributed by atoms with van der Waals surface area (Å²) in [5.41, 5.74) is 7.55. The number of fused-ring (bicyclic) bond motifs is 2. The molecule has 4 amide bonds. The number of aryl methyl sites for hydroxylation is 3. The van der Waals surface area contributed by atoms with Crippen molar-refractivity contribution in [3.63, 3.8) is 0 Å². The fraction of sp³-hybridized carbons (Fsp3) is 0.395. The first-order valence-corrected chi connectivity index (χ1v) is 20.2.